The first kappa shape index (κ1) is 74.4. The molecule has 3 aliphatic rings. The van der Waals surface area contributed by atoms with E-state index in [9.17, 15) is 38.4 Å². The Morgan fingerprint density at radius 2 is 1.45 bits per heavy atom. The summed E-state index contributed by atoms with van der Waals surface area (Å²) in [6, 6.07) is 26.7. The number of amides is 6. The number of rotatable bonds is 15. The molecule has 6 amide bonds. The summed E-state index contributed by atoms with van der Waals surface area (Å²) in [4.78, 5) is 110. The van der Waals surface area contributed by atoms with Crippen molar-refractivity contribution >= 4 is 81.1 Å². The van der Waals surface area contributed by atoms with Gasteiger partial charge in [0.15, 0.2) is 12.2 Å². The number of hydrogen-bond donors (Lipinski definition) is 6. The summed E-state index contributed by atoms with van der Waals surface area (Å²) < 4.78 is 22.2. The number of fused-ring (bicyclic) bond motifs is 5. The second-order valence-corrected chi connectivity index (χ2v) is 25.1. The maximum Gasteiger partial charge on any atom is 0.312 e. The molecule has 21 nitrogen and oxygen atoms in total. The average Bonchev–Trinajstić information content (AvgIpc) is 0.863. The lowest BCUT2D eigenvalue weighted by Crippen LogP contribution is -2.61. The lowest BCUT2D eigenvalue weighted by atomic mass is 10.0. The lowest BCUT2D eigenvalue weighted by molar-refractivity contribution is -0.165. The first-order chi connectivity index (χ1) is 44.8. The van der Waals surface area contributed by atoms with E-state index in [4.69, 9.17) is 18.9 Å². The summed E-state index contributed by atoms with van der Waals surface area (Å²) in [5.74, 6) is -5.55. The van der Waals surface area contributed by atoms with Crippen LogP contribution in [0.1, 0.15) is 142 Å². The largest absolute Gasteiger partial charge is 0.452 e. The fourth-order valence-electron chi connectivity index (χ4n) is 11.0. The maximum absolute atomic E-state index is 13.3. The molecule has 4 aromatic carbocycles. The van der Waals surface area contributed by atoms with E-state index in [0.717, 1.165) is 38.2 Å². The third-order valence-electron chi connectivity index (χ3n) is 16.9. The van der Waals surface area contributed by atoms with E-state index in [0.29, 0.717) is 44.5 Å². The molecule has 0 saturated carbocycles. The van der Waals surface area contributed by atoms with Crippen molar-refractivity contribution in [2.24, 2.45) is 23.7 Å². The van der Waals surface area contributed by atoms with Gasteiger partial charge in [-0.1, -0.05) is 131 Å². The van der Waals surface area contributed by atoms with Gasteiger partial charge in [-0.25, -0.2) is 10.9 Å². The van der Waals surface area contributed by atoms with E-state index in [1.165, 1.54) is 29.8 Å². The molecule has 506 valence electrons. The third-order valence-corrected chi connectivity index (χ3v) is 16.9. The van der Waals surface area contributed by atoms with E-state index >= 15 is 0 Å². The van der Waals surface area contributed by atoms with Gasteiger partial charge >= 0.3 is 11.9 Å². The van der Waals surface area contributed by atoms with Crippen molar-refractivity contribution in [3.05, 3.63) is 150 Å². The number of hydrazine groups is 2. The van der Waals surface area contributed by atoms with Crippen LogP contribution in [0.25, 0.3) is 33.7 Å². The predicted molar refractivity (Wildman–Crippen MR) is 364 cm³/mol. The van der Waals surface area contributed by atoms with Crippen LogP contribution < -0.4 is 32.1 Å². The van der Waals surface area contributed by atoms with Gasteiger partial charge in [-0.2, -0.15) is 0 Å². The Hall–Kier alpha value is -8.63. The number of cyclic esters (lactones) is 1. The van der Waals surface area contributed by atoms with Crippen molar-refractivity contribution < 1.29 is 57.3 Å². The van der Waals surface area contributed by atoms with Gasteiger partial charge in [0.25, 0.3) is 23.6 Å². The zero-order chi connectivity index (χ0) is 68.9. The summed E-state index contributed by atoms with van der Waals surface area (Å²) in [5, 5.41) is 18.3. The molecule has 21 heteroatoms. The zero-order valence-electron chi connectivity index (χ0n) is 56.9. The molecule has 3 aliphatic heterocycles. The smallest absolute Gasteiger partial charge is 0.312 e. The number of nitrogens with zero attached hydrogens (tertiary/aromatic N) is 3. The van der Waals surface area contributed by atoms with Crippen LogP contribution in [-0.2, 0) is 57.3 Å². The molecule has 2 fully saturated rings. The number of ether oxygens (including phenoxy) is 4. The van der Waals surface area contributed by atoms with E-state index in [1.54, 1.807) is 92.0 Å². The van der Waals surface area contributed by atoms with Crippen molar-refractivity contribution in [3.63, 3.8) is 0 Å². The molecule has 0 radical (unpaired) electrons. The Morgan fingerprint density at radius 3 is 2.10 bits per heavy atom. The summed E-state index contributed by atoms with van der Waals surface area (Å²) in [6.45, 7) is 25.9. The molecule has 8 rings (SSSR count). The quantitative estimate of drug-likeness (QED) is 0.0422. The third kappa shape index (κ3) is 20.7. The second-order valence-electron chi connectivity index (χ2n) is 25.1. The number of aromatic nitrogens is 1. The molecule has 1 aromatic heterocycles. The van der Waals surface area contributed by atoms with Crippen molar-refractivity contribution in [3.8, 4) is 0 Å². The minimum absolute atomic E-state index is 0.218. The second kappa shape index (κ2) is 35.6. The van der Waals surface area contributed by atoms with Crippen LogP contribution in [-0.4, -0.2) is 138 Å². The number of esters is 2. The molecule has 6 N–H and O–H groups in total. The SMILES string of the molecule is C=Cc1ccc2ccc([C@@H](C)NC(=O)[C@@H]3CCCN(C(=O)[C@H](C)NC(=O)[C@@H](OC(=O)[C@H](C)[C@@H](/C=C/C)OC)C(C)C)N3)cc2c1.CO[C@@H]1/C=C/c2cc3cc(ccc3cn2)[C@@H](C)NC(=O)[C@@H]2CCCN(N2)C(=O)[C@H](C)NC(=O)[C@H](C(C)C)OC(=O)[C@@H]1C.Cc1ccccc1. The van der Waals surface area contributed by atoms with Crippen LogP contribution in [0, 0.1) is 30.6 Å². The molecule has 12 atom stereocenters. The van der Waals surface area contributed by atoms with Gasteiger partial charge in [-0.3, -0.25) is 53.4 Å². The van der Waals surface area contributed by atoms with Crippen molar-refractivity contribution in [1.29, 1.82) is 0 Å². The molecule has 0 spiro atoms. The predicted octanol–water partition coefficient (Wildman–Crippen LogP) is 9.11. The summed E-state index contributed by atoms with van der Waals surface area (Å²) in [6.07, 6.45) is 9.65. The summed E-state index contributed by atoms with van der Waals surface area (Å²) in [7, 11) is 3.00. The van der Waals surface area contributed by atoms with Crippen LogP contribution >= 0.6 is 0 Å². The highest BCUT2D eigenvalue weighted by molar-refractivity contribution is 5.93. The topological polar surface area (TPSA) is 265 Å². The van der Waals surface area contributed by atoms with Gasteiger partial charge in [0.1, 0.15) is 24.2 Å². The molecule has 94 heavy (non-hydrogen) atoms. The van der Waals surface area contributed by atoms with Crippen LogP contribution in [0.2, 0.25) is 0 Å². The van der Waals surface area contributed by atoms with Crippen LogP contribution in [0.3, 0.4) is 0 Å². The maximum atomic E-state index is 13.3. The first-order valence-electron chi connectivity index (χ1n) is 32.5. The Bertz CT molecular complexity index is 3500. The fourth-order valence-corrected chi connectivity index (χ4v) is 11.0. The molecule has 5 aromatic rings. The lowest BCUT2D eigenvalue weighted by Gasteiger charge is -2.35. The molecular weight excluding hydrogens is 1190 g/mol. The fraction of sp³-hybridized carbons (Fsp3) is 0.466. The number of methoxy groups -OCH3 is 2. The summed E-state index contributed by atoms with van der Waals surface area (Å²) >= 11 is 0. The van der Waals surface area contributed by atoms with Gasteiger partial charge < -0.3 is 40.2 Å². The molecule has 4 heterocycles. The van der Waals surface area contributed by atoms with Crippen molar-refractivity contribution in [2.45, 2.75) is 169 Å². The van der Waals surface area contributed by atoms with Gasteiger partial charge in [0.2, 0.25) is 11.8 Å². The number of pyridine rings is 1. The Kier molecular flexibility index (Phi) is 28.2. The Morgan fingerprint density at radius 1 is 0.766 bits per heavy atom. The standard InChI is InChI=1S/C35H48N4O6.C31H41N5O6.C7H8/c1-9-12-30(44-8)22(5)35(43)45-31(21(3)4)33(41)37-24(7)34(42)39-18-11-13-29(38-39)32(40)36-23(6)27-17-16-26-15-14-25(10-2)19-28(26)20-27;1-17(2)27-29(38)34-20(5)30(39)36-13-7-8-25(35-36)28(37)33-19(4)21-9-10-22-16-32-24(15-23(22)14-21)11-12-26(41-6)18(3)31(40)42-27;1-7-5-3-2-4-6-7/h9-10,12,14-17,19-24,29-31,38H,2,11,13,18H2,1,3-8H3,(H,36,40)(H,37,41);9-12,14-20,25-27,35H,7-8,13H2,1-6H3,(H,33,37)(H,34,38);2-6H,1H3/b12-9+;12-11+;/t22-,23-,24+,29+,30-,31+;18-,19-,20+,25+,26-,27+;/m11./s1. The zero-order valence-corrected chi connectivity index (χ0v) is 56.9. The van der Waals surface area contributed by atoms with Crippen LogP contribution in [0.15, 0.2) is 122 Å². The van der Waals surface area contributed by atoms with Gasteiger partial charge in [0.05, 0.1) is 41.8 Å². The minimum atomic E-state index is -1.11. The number of aryl methyl sites for hydroxylation is 1. The van der Waals surface area contributed by atoms with Crippen LogP contribution in [0.4, 0.5) is 0 Å². The van der Waals surface area contributed by atoms with Crippen molar-refractivity contribution in [2.75, 3.05) is 27.3 Å². The average molecular weight is 1290 g/mol. The van der Waals surface area contributed by atoms with E-state index in [2.05, 4.69) is 74.9 Å². The number of hydrogen-bond acceptors (Lipinski definition) is 15. The van der Waals surface area contributed by atoms with E-state index < -0.39 is 90.1 Å². The Balaban J connectivity index is 0.000000269. The number of benzene rings is 4. The number of allylic oxidation sites excluding steroid dienone is 1. The monoisotopic (exact) mass is 1290 g/mol. The summed E-state index contributed by atoms with van der Waals surface area (Å²) in [5.41, 5.74) is 11.0. The van der Waals surface area contributed by atoms with Gasteiger partial charge in [0, 0.05) is 38.9 Å². The number of nitrogens with one attached hydrogen (secondary N) is 6. The van der Waals surface area contributed by atoms with E-state index in [1.807, 2.05) is 87.5 Å². The first-order valence-corrected chi connectivity index (χ1v) is 32.5. The highest BCUT2D eigenvalue weighted by Gasteiger charge is 2.38. The Labute approximate surface area is 553 Å². The highest BCUT2D eigenvalue weighted by atomic mass is 16.6. The number of carbonyl (C=O) groups excluding carboxylic acids is 8. The van der Waals surface area contributed by atoms with Gasteiger partial charge in [-0.15, -0.1) is 0 Å². The molecule has 0 aliphatic carbocycles. The normalized spacial score (nSPS) is 22.5. The van der Waals surface area contributed by atoms with Crippen molar-refractivity contribution in [1.82, 2.24) is 47.1 Å². The molecule has 2 saturated heterocycles. The molecular formula is C73H97N9O12. The minimum Gasteiger partial charge on any atom is -0.452 e. The number of carbonyl (C=O) groups is 8. The van der Waals surface area contributed by atoms with E-state index in [-0.39, 0.29) is 41.6 Å². The molecule has 5 bridgehead atoms. The van der Waals surface area contributed by atoms with Crippen LogP contribution in [0.5, 0.6) is 0 Å². The highest BCUT2D eigenvalue weighted by Crippen LogP contribution is 2.26. The molecule has 0 unspecified atom stereocenters. The van der Waals surface area contributed by atoms with Gasteiger partial charge in [-0.05, 0) is 156 Å².